The van der Waals surface area contributed by atoms with Gasteiger partial charge in [-0.05, 0) is 36.5 Å². The van der Waals surface area contributed by atoms with Crippen molar-refractivity contribution in [1.29, 1.82) is 0 Å². The Morgan fingerprint density at radius 3 is 2.89 bits per heavy atom. The highest BCUT2D eigenvalue weighted by molar-refractivity contribution is 7.80. The number of methoxy groups -OCH3 is 1. The third-order valence-electron chi connectivity index (χ3n) is 2.37. The zero-order chi connectivity index (χ0) is 13.7. The predicted molar refractivity (Wildman–Crippen MR) is 78.2 cm³/mol. The number of nitrogens with one attached hydrogen (secondary N) is 1. The maximum Gasteiger partial charge on any atom is 0.184 e. The Morgan fingerprint density at radius 2 is 2.16 bits per heavy atom. The molecule has 0 amide bonds. The van der Waals surface area contributed by atoms with Crippen LogP contribution in [0.2, 0.25) is 0 Å². The van der Waals surface area contributed by atoms with Gasteiger partial charge in [0.1, 0.15) is 17.3 Å². The quantitative estimate of drug-likeness (QED) is 0.508. The molecule has 0 fully saturated rings. The highest BCUT2D eigenvalue weighted by Crippen LogP contribution is 2.30. The van der Waals surface area contributed by atoms with E-state index in [0.29, 0.717) is 11.5 Å². The Labute approximate surface area is 116 Å². The number of hydrazone groups is 1. The van der Waals surface area contributed by atoms with Gasteiger partial charge in [-0.15, -0.1) is 0 Å². The molecule has 0 aliphatic rings. The lowest BCUT2D eigenvalue weighted by atomic mass is 10.1. The van der Waals surface area contributed by atoms with Gasteiger partial charge in [0.15, 0.2) is 5.11 Å². The van der Waals surface area contributed by atoms with Crippen molar-refractivity contribution in [3.05, 3.63) is 42.2 Å². The van der Waals surface area contributed by atoms with Gasteiger partial charge in [0.05, 0.1) is 18.9 Å². The van der Waals surface area contributed by atoms with Gasteiger partial charge < -0.3 is 14.9 Å². The number of para-hydroxylation sites is 1. The van der Waals surface area contributed by atoms with Crippen molar-refractivity contribution >= 4 is 23.5 Å². The van der Waals surface area contributed by atoms with Crippen LogP contribution in [-0.2, 0) is 0 Å². The average Bonchev–Trinajstić information content (AvgIpc) is 2.87. The summed E-state index contributed by atoms with van der Waals surface area (Å²) in [7, 11) is 1.62. The first-order valence-electron chi connectivity index (χ1n) is 5.52. The van der Waals surface area contributed by atoms with Gasteiger partial charge in [0, 0.05) is 0 Å². The number of rotatable bonds is 4. The fourth-order valence-corrected chi connectivity index (χ4v) is 1.63. The van der Waals surface area contributed by atoms with Crippen LogP contribution in [0.5, 0.6) is 5.75 Å². The Morgan fingerprint density at radius 1 is 1.37 bits per heavy atom. The molecule has 1 heterocycles. The molecule has 0 atom stereocenters. The molecular formula is C13H13N3O2S. The lowest BCUT2D eigenvalue weighted by Crippen LogP contribution is -2.23. The van der Waals surface area contributed by atoms with E-state index in [1.165, 1.54) is 6.21 Å². The third kappa shape index (κ3) is 3.32. The summed E-state index contributed by atoms with van der Waals surface area (Å²) in [5, 5.41) is 3.93. The Balaban J connectivity index is 2.21. The summed E-state index contributed by atoms with van der Waals surface area (Å²) in [6, 6.07) is 11.3. The second-order valence-corrected chi connectivity index (χ2v) is 4.08. The number of hydrogen-bond acceptors (Lipinski definition) is 4. The van der Waals surface area contributed by atoms with Crippen molar-refractivity contribution in [3.63, 3.8) is 0 Å². The van der Waals surface area contributed by atoms with E-state index in [4.69, 9.17) is 14.9 Å². The summed E-state index contributed by atoms with van der Waals surface area (Å²) in [6.07, 6.45) is 1.50. The fourth-order valence-electron chi connectivity index (χ4n) is 1.57. The first-order valence-corrected chi connectivity index (χ1v) is 5.93. The number of thiocarbonyl (C=S) groups is 1. The van der Waals surface area contributed by atoms with Gasteiger partial charge >= 0.3 is 0 Å². The van der Waals surface area contributed by atoms with Crippen LogP contribution in [0, 0.1) is 0 Å². The Hall–Kier alpha value is -2.34. The van der Waals surface area contributed by atoms with Crippen molar-refractivity contribution in [2.75, 3.05) is 7.11 Å². The summed E-state index contributed by atoms with van der Waals surface area (Å²) < 4.78 is 10.9. The van der Waals surface area contributed by atoms with Gasteiger partial charge in [-0.3, -0.25) is 5.43 Å². The van der Waals surface area contributed by atoms with Crippen LogP contribution in [0.15, 0.2) is 45.9 Å². The zero-order valence-electron chi connectivity index (χ0n) is 10.3. The molecule has 0 bridgehead atoms. The van der Waals surface area contributed by atoms with Crippen molar-refractivity contribution in [1.82, 2.24) is 5.43 Å². The molecule has 0 spiro atoms. The number of nitrogens with two attached hydrogens (primary N) is 1. The molecule has 2 aromatic rings. The first-order chi connectivity index (χ1) is 9.20. The van der Waals surface area contributed by atoms with Gasteiger partial charge in [0.25, 0.3) is 0 Å². The Bertz CT molecular complexity index is 607. The summed E-state index contributed by atoms with van der Waals surface area (Å²) in [5.74, 6) is 2.04. The largest absolute Gasteiger partial charge is 0.496 e. The van der Waals surface area contributed by atoms with Crippen molar-refractivity contribution in [2.45, 2.75) is 0 Å². The molecule has 1 aromatic carbocycles. The van der Waals surface area contributed by atoms with E-state index in [2.05, 4.69) is 22.7 Å². The van der Waals surface area contributed by atoms with Crippen molar-refractivity contribution < 1.29 is 9.15 Å². The topological polar surface area (TPSA) is 72.8 Å². The van der Waals surface area contributed by atoms with E-state index < -0.39 is 0 Å². The molecular weight excluding hydrogens is 262 g/mol. The summed E-state index contributed by atoms with van der Waals surface area (Å²) in [4.78, 5) is 0. The van der Waals surface area contributed by atoms with Gasteiger partial charge in [-0.2, -0.15) is 5.10 Å². The monoisotopic (exact) mass is 275 g/mol. The molecule has 2 rings (SSSR count). The molecule has 3 N–H and O–H groups in total. The maximum atomic E-state index is 5.64. The predicted octanol–water partition coefficient (Wildman–Crippen LogP) is 2.12. The molecule has 98 valence electrons. The molecule has 0 saturated heterocycles. The maximum absolute atomic E-state index is 5.64. The molecule has 0 aliphatic heterocycles. The second kappa shape index (κ2) is 6.01. The standard InChI is InChI=1S/C13H13N3O2S/c1-17-11-5-3-2-4-10(11)12-7-6-9(18-12)8-15-16-13(14)19/h2-8H,1H3,(H3,14,16,19)/b15-8+. The van der Waals surface area contributed by atoms with E-state index in [0.717, 1.165) is 11.3 Å². The minimum atomic E-state index is 0.104. The number of benzene rings is 1. The van der Waals surface area contributed by atoms with Crippen LogP contribution < -0.4 is 15.9 Å². The highest BCUT2D eigenvalue weighted by atomic mass is 32.1. The minimum Gasteiger partial charge on any atom is -0.496 e. The SMILES string of the molecule is COc1ccccc1-c1ccc(/C=N/NC(N)=S)o1. The molecule has 0 radical (unpaired) electrons. The number of furan rings is 1. The van der Waals surface area contributed by atoms with Crippen LogP contribution in [-0.4, -0.2) is 18.4 Å². The van der Waals surface area contributed by atoms with Crippen LogP contribution in [0.25, 0.3) is 11.3 Å². The van der Waals surface area contributed by atoms with Crippen LogP contribution in [0.3, 0.4) is 0 Å². The number of ether oxygens (including phenoxy) is 1. The molecule has 0 saturated carbocycles. The summed E-state index contributed by atoms with van der Waals surface area (Å²) >= 11 is 4.63. The number of nitrogens with zero attached hydrogens (tertiary/aromatic N) is 1. The van der Waals surface area contributed by atoms with Gasteiger partial charge in [-0.25, -0.2) is 0 Å². The zero-order valence-corrected chi connectivity index (χ0v) is 11.1. The van der Waals surface area contributed by atoms with Crippen LogP contribution in [0.4, 0.5) is 0 Å². The smallest absolute Gasteiger partial charge is 0.184 e. The van der Waals surface area contributed by atoms with Crippen molar-refractivity contribution in [2.24, 2.45) is 10.8 Å². The highest BCUT2D eigenvalue weighted by Gasteiger charge is 2.08. The van der Waals surface area contributed by atoms with E-state index >= 15 is 0 Å². The van der Waals surface area contributed by atoms with E-state index in [9.17, 15) is 0 Å². The molecule has 19 heavy (non-hydrogen) atoms. The lowest BCUT2D eigenvalue weighted by Gasteiger charge is -2.04. The molecule has 1 aromatic heterocycles. The summed E-state index contributed by atoms with van der Waals surface area (Å²) in [5.41, 5.74) is 8.59. The minimum absolute atomic E-state index is 0.104. The first kappa shape index (κ1) is 13.1. The number of hydrogen-bond donors (Lipinski definition) is 2. The van der Waals surface area contributed by atoms with Crippen LogP contribution >= 0.6 is 12.2 Å². The lowest BCUT2D eigenvalue weighted by molar-refractivity contribution is 0.414. The molecule has 0 aliphatic carbocycles. The van der Waals surface area contributed by atoms with E-state index in [1.54, 1.807) is 13.2 Å². The Kier molecular flexibility index (Phi) is 4.15. The van der Waals surface area contributed by atoms with E-state index in [-0.39, 0.29) is 5.11 Å². The second-order valence-electron chi connectivity index (χ2n) is 3.64. The molecule has 0 unspecified atom stereocenters. The summed E-state index contributed by atoms with van der Waals surface area (Å²) in [6.45, 7) is 0. The normalized spacial score (nSPS) is 10.6. The molecule has 6 heteroatoms. The van der Waals surface area contributed by atoms with Gasteiger partial charge in [-0.1, -0.05) is 12.1 Å². The molecule has 5 nitrogen and oxygen atoms in total. The van der Waals surface area contributed by atoms with Gasteiger partial charge in [0.2, 0.25) is 0 Å². The fraction of sp³-hybridized carbons (Fsp3) is 0.0769. The van der Waals surface area contributed by atoms with Crippen molar-refractivity contribution in [3.8, 4) is 17.1 Å². The van der Waals surface area contributed by atoms with Crippen LogP contribution in [0.1, 0.15) is 5.76 Å². The third-order valence-corrected chi connectivity index (χ3v) is 2.46. The average molecular weight is 275 g/mol. The van der Waals surface area contributed by atoms with E-state index in [1.807, 2.05) is 30.3 Å².